The Hall–Kier alpha value is 0.270. The van der Waals surface area contributed by atoms with Crippen LogP contribution in [0.2, 0.25) is 0 Å². The van der Waals surface area contributed by atoms with E-state index in [2.05, 4.69) is 4.90 Å². The molecule has 0 spiro atoms. The van der Waals surface area contributed by atoms with Crippen LogP contribution >= 0.6 is 11.8 Å². The first-order valence-electron chi connectivity index (χ1n) is 2.59. The molecule has 8 heavy (non-hydrogen) atoms. The van der Waals surface area contributed by atoms with E-state index in [1.807, 2.05) is 13.3 Å². The molecule has 0 atom stereocenters. The van der Waals surface area contributed by atoms with Crippen LogP contribution in [-0.2, 0) is 0 Å². The Labute approximate surface area is 54.9 Å². The molecule has 0 heterocycles. The molecule has 0 rings (SSSR count). The number of likely N-dealkylation sites (N-methyl/N-ethyl adjacent to an activating group) is 1. The van der Waals surface area contributed by atoms with E-state index >= 15 is 0 Å². The van der Waals surface area contributed by atoms with Crippen LogP contribution in [0.3, 0.4) is 0 Å². The van der Waals surface area contributed by atoms with Gasteiger partial charge in [-0.15, -0.1) is 11.8 Å². The molecule has 0 amide bonds. The molecule has 0 saturated heterocycles. The maximum Gasteiger partial charge on any atom is 0.0558 e. The molecule has 0 aromatic carbocycles. The largest absolute Gasteiger partial charge is 0.395 e. The zero-order valence-corrected chi connectivity index (χ0v) is 6.24. The van der Waals surface area contributed by atoms with E-state index in [0.29, 0.717) is 0 Å². The Kier molecular flexibility index (Phi) is 5.59. The summed E-state index contributed by atoms with van der Waals surface area (Å²) in [5.74, 6) is 1.00. The molecule has 0 radical (unpaired) electrons. The minimum atomic E-state index is 0.261. The molecule has 0 saturated carbocycles. The fourth-order valence-electron chi connectivity index (χ4n) is 0.456. The van der Waals surface area contributed by atoms with Gasteiger partial charge < -0.3 is 5.11 Å². The molecule has 0 aliphatic heterocycles. The predicted octanol–water partition coefficient (Wildman–Crippen LogP) is 0.231. The van der Waals surface area contributed by atoms with Crippen molar-refractivity contribution in [3.63, 3.8) is 0 Å². The normalized spacial score (nSPS) is 10.5. The van der Waals surface area contributed by atoms with Crippen molar-refractivity contribution in [1.82, 2.24) is 4.90 Å². The summed E-state index contributed by atoms with van der Waals surface area (Å²) < 4.78 is 0. The average Bonchev–Trinajstić information content (AvgIpc) is 1.68. The Bertz CT molecular complexity index is 45.7. The molecule has 50 valence electrons. The van der Waals surface area contributed by atoms with Crippen molar-refractivity contribution in [2.45, 2.75) is 0 Å². The quantitative estimate of drug-likeness (QED) is 0.558. The van der Waals surface area contributed by atoms with Gasteiger partial charge in [-0.05, 0) is 13.3 Å². The van der Waals surface area contributed by atoms with Crippen LogP contribution in [-0.4, -0.2) is 42.3 Å². The summed E-state index contributed by atoms with van der Waals surface area (Å²) >= 11 is 1.76. The third kappa shape index (κ3) is 4.43. The van der Waals surface area contributed by atoms with Crippen LogP contribution in [0.4, 0.5) is 0 Å². The van der Waals surface area contributed by atoms with E-state index in [-0.39, 0.29) is 6.61 Å². The second kappa shape index (κ2) is 5.41. The summed E-state index contributed by atoms with van der Waals surface area (Å²) in [4.78, 5) is 2.07. The number of aliphatic hydroxyl groups is 1. The van der Waals surface area contributed by atoms with Gasteiger partial charge in [0.2, 0.25) is 0 Å². The van der Waals surface area contributed by atoms with E-state index in [0.717, 1.165) is 12.4 Å². The van der Waals surface area contributed by atoms with Gasteiger partial charge in [0, 0.05) is 12.4 Å². The van der Waals surface area contributed by atoms with E-state index in [4.69, 9.17) is 5.11 Å². The molecular weight excluding hydrogens is 122 g/mol. The zero-order valence-electron chi connectivity index (χ0n) is 5.42. The Balaban J connectivity index is 2.92. The number of hydrogen-bond donors (Lipinski definition) is 1. The van der Waals surface area contributed by atoms with E-state index in [1.165, 1.54) is 0 Å². The van der Waals surface area contributed by atoms with Gasteiger partial charge in [-0.2, -0.15) is 0 Å². The lowest BCUT2D eigenvalue weighted by Crippen LogP contribution is -2.20. The van der Waals surface area contributed by atoms with Crippen LogP contribution in [0.15, 0.2) is 0 Å². The molecule has 0 unspecified atom stereocenters. The highest BCUT2D eigenvalue weighted by molar-refractivity contribution is 7.98. The molecule has 0 fully saturated rings. The van der Waals surface area contributed by atoms with E-state index < -0.39 is 0 Å². The Morgan fingerprint density at radius 2 is 2.25 bits per heavy atom. The van der Waals surface area contributed by atoms with Crippen LogP contribution < -0.4 is 0 Å². The van der Waals surface area contributed by atoms with Crippen molar-refractivity contribution in [2.75, 3.05) is 32.3 Å². The van der Waals surface area contributed by atoms with Gasteiger partial charge in [0.1, 0.15) is 0 Å². The van der Waals surface area contributed by atoms with Crippen molar-refractivity contribution in [1.29, 1.82) is 0 Å². The molecule has 3 heteroatoms. The van der Waals surface area contributed by atoms with Crippen molar-refractivity contribution in [3.8, 4) is 0 Å². The van der Waals surface area contributed by atoms with Crippen molar-refractivity contribution >= 4 is 11.8 Å². The molecule has 0 aromatic heterocycles. The maximum atomic E-state index is 8.41. The zero-order chi connectivity index (χ0) is 6.41. The molecule has 0 aliphatic carbocycles. The lowest BCUT2D eigenvalue weighted by Gasteiger charge is -2.11. The van der Waals surface area contributed by atoms with E-state index in [9.17, 15) is 0 Å². The highest BCUT2D eigenvalue weighted by Crippen LogP contribution is 1.93. The van der Waals surface area contributed by atoms with Crippen molar-refractivity contribution in [2.24, 2.45) is 0 Å². The second-order valence-electron chi connectivity index (χ2n) is 1.72. The van der Waals surface area contributed by atoms with Crippen LogP contribution in [0.5, 0.6) is 0 Å². The van der Waals surface area contributed by atoms with Gasteiger partial charge >= 0.3 is 0 Å². The third-order valence-corrected chi connectivity index (χ3v) is 1.53. The first kappa shape index (κ1) is 8.27. The van der Waals surface area contributed by atoms with Gasteiger partial charge in [0.05, 0.1) is 6.61 Å². The lowest BCUT2D eigenvalue weighted by molar-refractivity contribution is 0.238. The Morgan fingerprint density at radius 3 is 2.62 bits per heavy atom. The second-order valence-corrected chi connectivity index (χ2v) is 2.56. The number of thioether (sulfide) groups is 1. The summed E-state index contributed by atoms with van der Waals surface area (Å²) in [5, 5.41) is 8.41. The molecule has 0 aromatic rings. The molecule has 0 aliphatic rings. The molecule has 1 N–H and O–H groups in total. The number of nitrogens with zero attached hydrogens (tertiary/aromatic N) is 1. The van der Waals surface area contributed by atoms with Gasteiger partial charge in [0.15, 0.2) is 0 Å². The third-order valence-electron chi connectivity index (χ3n) is 0.831. The topological polar surface area (TPSA) is 23.5 Å². The average molecular weight is 135 g/mol. The fourth-order valence-corrected chi connectivity index (χ4v) is 1.03. The maximum absolute atomic E-state index is 8.41. The molecule has 0 bridgehead atoms. The lowest BCUT2D eigenvalue weighted by atomic mass is 10.6. The number of rotatable bonds is 4. The fraction of sp³-hybridized carbons (Fsp3) is 1.00. The predicted molar refractivity (Wildman–Crippen MR) is 38.1 cm³/mol. The van der Waals surface area contributed by atoms with E-state index in [1.54, 1.807) is 11.8 Å². The van der Waals surface area contributed by atoms with Crippen LogP contribution in [0, 0.1) is 0 Å². The standard InChI is InChI=1S/C5H13NOS/c1-6(3-4-7)5-8-2/h7H,3-5H2,1-2H3. The molecular formula is C5H13NOS. The molecule has 2 nitrogen and oxygen atoms in total. The highest BCUT2D eigenvalue weighted by atomic mass is 32.2. The van der Waals surface area contributed by atoms with Crippen molar-refractivity contribution < 1.29 is 5.11 Å². The summed E-state index contributed by atoms with van der Waals surface area (Å²) in [6.07, 6.45) is 2.05. The minimum absolute atomic E-state index is 0.261. The summed E-state index contributed by atoms with van der Waals surface area (Å²) in [5.41, 5.74) is 0. The van der Waals surface area contributed by atoms with Gasteiger partial charge in [-0.3, -0.25) is 4.90 Å². The smallest absolute Gasteiger partial charge is 0.0558 e. The number of hydrogen-bond acceptors (Lipinski definition) is 3. The highest BCUT2D eigenvalue weighted by Gasteiger charge is 1.91. The van der Waals surface area contributed by atoms with Gasteiger partial charge in [-0.1, -0.05) is 0 Å². The van der Waals surface area contributed by atoms with Crippen LogP contribution in [0.1, 0.15) is 0 Å². The first-order valence-corrected chi connectivity index (χ1v) is 3.99. The van der Waals surface area contributed by atoms with Crippen molar-refractivity contribution in [3.05, 3.63) is 0 Å². The van der Waals surface area contributed by atoms with Gasteiger partial charge in [-0.25, -0.2) is 0 Å². The summed E-state index contributed by atoms with van der Waals surface area (Å²) in [6.45, 7) is 1.04. The monoisotopic (exact) mass is 135 g/mol. The minimum Gasteiger partial charge on any atom is -0.395 e. The SMILES string of the molecule is CSCN(C)CCO. The number of aliphatic hydroxyl groups excluding tert-OH is 1. The summed E-state index contributed by atoms with van der Waals surface area (Å²) in [6, 6.07) is 0. The van der Waals surface area contributed by atoms with Gasteiger partial charge in [0.25, 0.3) is 0 Å². The van der Waals surface area contributed by atoms with Crippen LogP contribution in [0.25, 0.3) is 0 Å². The Morgan fingerprint density at radius 1 is 1.62 bits per heavy atom. The first-order chi connectivity index (χ1) is 3.81. The summed E-state index contributed by atoms with van der Waals surface area (Å²) in [7, 11) is 1.99.